The Kier molecular flexibility index (Phi) is 4.24. The van der Waals surface area contributed by atoms with Crippen molar-refractivity contribution in [1.29, 1.82) is 0 Å². The number of methoxy groups -OCH3 is 1. The van der Waals surface area contributed by atoms with Crippen molar-refractivity contribution < 1.29 is 13.9 Å². The maximum atomic E-state index is 12.2. The third kappa shape index (κ3) is 2.90. The number of carbonyl (C=O) groups excluding carboxylic acids is 1. The Morgan fingerprint density at radius 3 is 2.64 bits per heavy atom. The number of rotatable bonds is 3. The maximum absolute atomic E-state index is 12.2. The van der Waals surface area contributed by atoms with Crippen LogP contribution in [0.3, 0.4) is 0 Å². The minimum absolute atomic E-state index is 0.0669. The normalized spacial score (nSPS) is 15.0. The summed E-state index contributed by atoms with van der Waals surface area (Å²) in [5, 5.41) is 0.671. The third-order valence-corrected chi connectivity index (χ3v) is 4.02. The van der Waals surface area contributed by atoms with E-state index in [4.69, 9.17) is 20.8 Å². The van der Waals surface area contributed by atoms with Gasteiger partial charge in [-0.1, -0.05) is 11.6 Å². The van der Waals surface area contributed by atoms with Crippen LogP contribution in [0.25, 0.3) is 0 Å². The van der Waals surface area contributed by atoms with Gasteiger partial charge in [-0.05, 0) is 30.3 Å². The van der Waals surface area contributed by atoms with Gasteiger partial charge >= 0.3 is 0 Å². The highest BCUT2D eigenvalue weighted by Crippen LogP contribution is 2.31. The quantitative estimate of drug-likeness (QED) is 0.872. The summed E-state index contributed by atoms with van der Waals surface area (Å²) in [5.41, 5.74) is 0.958. The zero-order valence-electron chi connectivity index (χ0n) is 12.3. The van der Waals surface area contributed by atoms with Crippen LogP contribution in [0, 0.1) is 0 Å². The SMILES string of the molecule is COc1ccc(Cl)cc1N1CCN(C(=O)c2ccco2)CC1. The Balaban J connectivity index is 1.69. The molecule has 0 aliphatic carbocycles. The molecule has 1 fully saturated rings. The van der Waals surface area contributed by atoms with Gasteiger partial charge in [0.05, 0.1) is 19.1 Å². The van der Waals surface area contributed by atoms with E-state index >= 15 is 0 Å². The Morgan fingerprint density at radius 1 is 1.23 bits per heavy atom. The Morgan fingerprint density at radius 2 is 2.00 bits per heavy atom. The van der Waals surface area contributed by atoms with Crippen LogP contribution in [0.2, 0.25) is 5.02 Å². The molecule has 0 atom stereocenters. The highest BCUT2D eigenvalue weighted by molar-refractivity contribution is 6.30. The lowest BCUT2D eigenvalue weighted by Gasteiger charge is -2.36. The summed E-state index contributed by atoms with van der Waals surface area (Å²) >= 11 is 6.08. The van der Waals surface area contributed by atoms with Crippen LogP contribution >= 0.6 is 11.6 Å². The number of amides is 1. The molecule has 0 N–H and O–H groups in total. The molecule has 5 nitrogen and oxygen atoms in total. The molecule has 1 saturated heterocycles. The number of furan rings is 1. The highest BCUT2D eigenvalue weighted by atomic mass is 35.5. The van der Waals surface area contributed by atoms with Crippen molar-refractivity contribution in [3.63, 3.8) is 0 Å². The van der Waals surface area contributed by atoms with Crippen LogP contribution in [0.4, 0.5) is 5.69 Å². The molecule has 2 heterocycles. The van der Waals surface area contributed by atoms with E-state index in [-0.39, 0.29) is 5.91 Å². The fourth-order valence-electron chi connectivity index (χ4n) is 2.62. The van der Waals surface area contributed by atoms with E-state index in [0.717, 1.165) is 24.5 Å². The summed E-state index contributed by atoms with van der Waals surface area (Å²) in [5.74, 6) is 1.10. The summed E-state index contributed by atoms with van der Waals surface area (Å²) in [6.07, 6.45) is 1.51. The fourth-order valence-corrected chi connectivity index (χ4v) is 2.78. The standard InChI is InChI=1S/C16H17ClN2O3/c1-21-14-5-4-12(17)11-13(14)18-6-8-19(9-7-18)16(20)15-3-2-10-22-15/h2-5,10-11H,6-9H2,1H3. The summed E-state index contributed by atoms with van der Waals surface area (Å²) in [6, 6.07) is 8.97. The lowest BCUT2D eigenvalue weighted by Crippen LogP contribution is -2.48. The topological polar surface area (TPSA) is 45.9 Å². The van der Waals surface area contributed by atoms with Gasteiger partial charge in [0.25, 0.3) is 5.91 Å². The molecule has 116 valence electrons. The first-order valence-corrected chi connectivity index (χ1v) is 7.48. The number of ether oxygens (including phenoxy) is 1. The number of nitrogens with zero attached hydrogens (tertiary/aromatic N) is 2. The van der Waals surface area contributed by atoms with Crippen LogP contribution in [-0.2, 0) is 0 Å². The van der Waals surface area contributed by atoms with E-state index in [1.165, 1.54) is 6.26 Å². The molecule has 0 spiro atoms. The van der Waals surface area contributed by atoms with Gasteiger partial charge in [-0.25, -0.2) is 0 Å². The van der Waals surface area contributed by atoms with Gasteiger partial charge in [0.1, 0.15) is 5.75 Å². The van der Waals surface area contributed by atoms with E-state index in [1.807, 2.05) is 12.1 Å². The van der Waals surface area contributed by atoms with Gasteiger partial charge in [-0.3, -0.25) is 4.79 Å². The lowest BCUT2D eigenvalue weighted by atomic mass is 10.2. The van der Waals surface area contributed by atoms with Gasteiger partial charge in [0.2, 0.25) is 0 Å². The van der Waals surface area contributed by atoms with Gasteiger partial charge < -0.3 is 19.0 Å². The smallest absolute Gasteiger partial charge is 0.289 e. The van der Waals surface area contributed by atoms with Gasteiger partial charge in [-0.2, -0.15) is 0 Å². The lowest BCUT2D eigenvalue weighted by molar-refractivity contribution is 0.0714. The summed E-state index contributed by atoms with van der Waals surface area (Å²) in [4.78, 5) is 16.2. The summed E-state index contributed by atoms with van der Waals surface area (Å²) in [6.45, 7) is 2.72. The molecule has 0 saturated carbocycles. The molecule has 3 rings (SSSR count). The summed E-state index contributed by atoms with van der Waals surface area (Å²) in [7, 11) is 1.64. The number of hydrogen-bond acceptors (Lipinski definition) is 4. The maximum Gasteiger partial charge on any atom is 0.289 e. The van der Waals surface area contributed by atoms with Gasteiger partial charge in [0.15, 0.2) is 5.76 Å². The Hall–Kier alpha value is -2.14. The number of hydrogen-bond donors (Lipinski definition) is 0. The van der Waals surface area contributed by atoms with Crippen molar-refractivity contribution in [3.8, 4) is 5.75 Å². The Labute approximate surface area is 134 Å². The Bertz CT molecular complexity index is 649. The van der Waals surface area contributed by atoms with Crippen molar-refractivity contribution in [2.45, 2.75) is 0 Å². The van der Waals surface area contributed by atoms with E-state index in [1.54, 1.807) is 30.2 Å². The molecule has 1 aliphatic heterocycles. The molecule has 6 heteroatoms. The number of anilines is 1. The van der Waals surface area contributed by atoms with Crippen molar-refractivity contribution in [3.05, 3.63) is 47.4 Å². The number of benzene rings is 1. The molecule has 1 amide bonds. The second kappa shape index (κ2) is 6.32. The molecule has 1 aliphatic rings. The number of halogens is 1. The molecular formula is C16H17ClN2O3. The second-order valence-electron chi connectivity index (χ2n) is 5.07. The van der Waals surface area contributed by atoms with E-state index in [0.29, 0.717) is 23.9 Å². The van der Waals surface area contributed by atoms with Gasteiger partial charge in [0, 0.05) is 31.2 Å². The predicted molar refractivity (Wildman–Crippen MR) is 84.8 cm³/mol. The highest BCUT2D eigenvalue weighted by Gasteiger charge is 2.25. The van der Waals surface area contributed by atoms with E-state index in [9.17, 15) is 4.79 Å². The first-order chi connectivity index (χ1) is 10.7. The number of piperazine rings is 1. The third-order valence-electron chi connectivity index (χ3n) is 3.78. The van der Waals surface area contributed by atoms with E-state index < -0.39 is 0 Å². The van der Waals surface area contributed by atoms with E-state index in [2.05, 4.69) is 4.90 Å². The van der Waals surface area contributed by atoms with Crippen LogP contribution < -0.4 is 9.64 Å². The molecule has 1 aromatic carbocycles. The molecule has 0 radical (unpaired) electrons. The molecule has 2 aromatic rings. The average Bonchev–Trinajstić information content (AvgIpc) is 3.09. The van der Waals surface area contributed by atoms with Crippen LogP contribution in [0.5, 0.6) is 5.75 Å². The average molecular weight is 321 g/mol. The first-order valence-electron chi connectivity index (χ1n) is 7.10. The molecule has 22 heavy (non-hydrogen) atoms. The number of carbonyl (C=O) groups is 1. The second-order valence-corrected chi connectivity index (χ2v) is 5.51. The van der Waals surface area contributed by atoms with Crippen LogP contribution in [0.1, 0.15) is 10.6 Å². The molecule has 0 bridgehead atoms. The monoisotopic (exact) mass is 320 g/mol. The molecule has 0 unspecified atom stereocenters. The minimum atomic E-state index is -0.0669. The van der Waals surface area contributed by atoms with Crippen molar-refractivity contribution in [2.24, 2.45) is 0 Å². The van der Waals surface area contributed by atoms with Crippen molar-refractivity contribution in [1.82, 2.24) is 4.90 Å². The van der Waals surface area contributed by atoms with Crippen molar-refractivity contribution >= 4 is 23.2 Å². The fraction of sp³-hybridized carbons (Fsp3) is 0.312. The summed E-state index contributed by atoms with van der Waals surface area (Å²) < 4.78 is 10.6. The predicted octanol–water partition coefficient (Wildman–Crippen LogP) is 2.90. The largest absolute Gasteiger partial charge is 0.495 e. The zero-order valence-corrected chi connectivity index (χ0v) is 13.0. The zero-order chi connectivity index (χ0) is 15.5. The van der Waals surface area contributed by atoms with Crippen LogP contribution in [-0.4, -0.2) is 44.1 Å². The molecular weight excluding hydrogens is 304 g/mol. The van der Waals surface area contributed by atoms with Gasteiger partial charge in [-0.15, -0.1) is 0 Å². The van der Waals surface area contributed by atoms with Crippen LogP contribution in [0.15, 0.2) is 41.0 Å². The molecule has 1 aromatic heterocycles. The minimum Gasteiger partial charge on any atom is -0.495 e. The first kappa shape index (κ1) is 14.8. The van der Waals surface area contributed by atoms with Crippen molar-refractivity contribution in [2.75, 3.05) is 38.2 Å².